The van der Waals surface area contributed by atoms with Crippen LogP contribution < -0.4 is 15.6 Å². The molecule has 2 N–H and O–H groups in total. The van der Waals surface area contributed by atoms with Crippen LogP contribution in [0.5, 0.6) is 5.75 Å². The lowest BCUT2D eigenvalue weighted by Crippen LogP contribution is -2.18. The fraction of sp³-hybridized carbons (Fsp3) is 0.0833. The van der Waals surface area contributed by atoms with Gasteiger partial charge < -0.3 is 15.0 Å². The average Bonchev–Trinajstić information content (AvgIpc) is 2.39. The van der Waals surface area contributed by atoms with Gasteiger partial charge in [0.15, 0.2) is 0 Å². The SMILES string of the molecule is COc1ccccc1NC(=O)c1cc(=O)[nH]cn1. The highest BCUT2D eigenvalue weighted by Gasteiger charge is 2.10. The molecule has 18 heavy (non-hydrogen) atoms. The Balaban J connectivity index is 2.24. The van der Waals surface area contributed by atoms with Crippen LogP contribution in [0.25, 0.3) is 0 Å². The highest BCUT2D eigenvalue weighted by atomic mass is 16.5. The van der Waals surface area contributed by atoms with Crippen LogP contribution in [0.4, 0.5) is 5.69 Å². The van der Waals surface area contributed by atoms with Gasteiger partial charge in [-0.15, -0.1) is 0 Å². The monoisotopic (exact) mass is 245 g/mol. The maximum Gasteiger partial charge on any atom is 0.274 e. The molecule has 0 radical (unpaired) electrons. The highest BCUT2D eigenvalue weighted by molar-refractivity contribution is 6.03. The Labute approximate surface area is 103 Å². The summed E-state index contributed by atoms with van der Waals surface area (Å²) in [5.74, 6) is 0.0706. The van der Waals surface area contributed by atoms with Gasteiger partial charge in [-0.05, 0) is 12.1 Å². The lowest BCUT2D eigenvalue weighted by atomic mass is 10.2. The molecule has 92 valence electrons. The second kappa shape index (κ2) is 5.13. The van der Waals surface area contributed by atoms with Crippen LogP contribution in [-0.4, -0.2) is 23.0 Å². The van der Waals surface area contributed by atoms with Crippen molar-refractivity contribution in [2.75, 3.05) is 12.4 Å². The van der Waals surface area contributed by atoms with E-state index >= 15 is 0 Å². The van der Waals surface area contributed by atoms with E-state index in [1.165, 1.54) is 13.4 Å². The molecule has 0 aliphatic rings. The predicted molar refractivity (Wildman–Crippen MR) is 65.8 cm³/mol. The predicted octanol–water partition coefficient (Wildman–Crippen LogP) is 1.03. The summed E-state index contributed by atoms with van der Waals surface area (Å²) >= 11 is 0. The average molecular weight is 245 g/mol. The molecular weight excluding hydrogens is 234 g/mol. The smallest absolute Gasteiger partial charge is 0.274 e. The van der Waals surface area contributed by atoms with Crippen molar-refractivity contribution in [3.05, 3.63) is 52.7 Å². The number of H-pyrrole nitrogens is 1. The molecule has 0 fully saturated rings. The van der Waals surface area contributed by atoms with E-state index in [2.05, 4.69) is 15.3 Å². The molecule has 6 nitrogen and oxygen atoms in total. The van der Waals surface area contributed by atoms with Gasteiger partial charge in [-0.25, -0.2) is 4.98 Å². The molecule has 0 aliphatic heterocycles. The molecule has 0 aliphatic carbocycles. The second-order valence-corrected chi connectivity index (χ2v) is 3.45. The standard InChI is InChI=1S/C12H11N3O3/c1-18-10-5-3-2-4-8(10)15-12(17)9-6-11(16)14-7-13-9/h2-7H,1H3,(H,15,17)(H,13,14,16). The molecule has 0 spiro atoms. The van der Waals surface area contributed by atoms with Gasteiger partial charge in [0.25, 0.3) is 11.5 Å². The molecule has 6 heteroatoms. The summed E-state index contributed by atoms with van der Waals surface area (Å²) in [6.45, 7) is 0. The van der Waals surface area contributed by atoms with Crippen molar-refractivity contribution in [1.29, 1.82) is 0 Å². The molecular formula is C12H11N3O3. The minimum Gasteiger partial charge on any atom is -0.495 e. The lowest BCUT2D eigenvalue weighted by molar-refractivity contribution is 0.102. The zero-order valence-corrected chi connectivity index (χ0v) is 9.64. The number of ether oxygens (including phenoxy) is 1. The van der Waals surface area contributed by atoms with Crippen LogP contribution in [0.1, 0.15) is 10.5 Å². The number of benzene rings is 1. The van der Waals surface area contributed by atoms with Crippen molar-refractivity contribution in [2.24, 2.45) is 0 Å². The summed E-state index contributed by atoms with van der Waals surface area (Å²) in [6.07, 6.45) is 1.18. The van der Waals surface area contributed by atoms with Gasteiger partial charge in [0.1, 0.15) is 11.4 Å². The first-order valence-corrected chi connectivity index (χ1v) is 5.20. The summed E-state index contributed by atoms with van der Waals surface area (Å²) < 4.78 is 5.10. The van der Waals surface area contributed by atoms with Crippen molar-refractivity contribution in [3.63, 3.8) is 0 Å². The largest absolute Gasteiger partial charge is 0.495 e. The number of nitrogens with one attached hydrogen (secondary N) is 2. The van der Waals surface area contributed by atoms with Gasteiger partial charge in [-0.2, -0.15) is 0 Å². The van der Waals surface area contributed by atoms with E-state index in [9.17, 15) is 9.59 Å². The molecule has 2 rings (SSSR count). The van der Waals surface area contributed by atoms with Crippen molar-refractivity contribution < 1.29 is 9.53 Å². The number of carbonyl (C=O) groups excluding carboxylic acids is 1. The first-order valence-electron chi connectivity index (χ1n) is 5.20. The third-order valence-electron chi connectivity index (χ3n) is 2.27. The third kappa shape index (κ3) is 2.54. The molecule has 0 saturated heterocycles. The third-order valence-corrected chi connectivity index (χ3v) is 2.27. The number of carbonyl (C=O) groups is 1. The Bertz CT molecular complexity index is 622. The number of methoxy groups -OCH3 is 1. The number of hydrogen-bond acceptors (Lipinski definition) is 4. The Morgan fingerprint density at radius 2 is 2.17 bits per heavy atom. The van der Waals surface area contributed by atoms with Gasteiger partial charge in [0.2, 0.25) is 0 Å². The zero-order chi connectivity index (χ0) is 13.0. The van der Waals surface area contributed by atoms with Gasteiger partial charge in [0, 0.05) is 6.07 Å². The minimum atomic E-state index is -0.467. The molecule has 2 aromatic rings. The van der Waals surface area contributed by atoms with E-state index < -0.39 is 5.91 Å². The summed E-state index contributed by atoms with van der Waals surface area (Å²) in [7, 11) is 1.51. The van der Waals surface area contributed by atoms with Crippen molar-refractivity contribution in [1.82, 2.24) is 9.97 Å². The fourth-order valence-electron chi connectivity index (χ4n) is 1.43. The summed E-state index contributed by atoms with van der Waals surface area (Å²) in [5.41, 5.74) is 0.187. The topological polar surface area (TPSA) is 84.1 Å². The number of hydrogen-bond donors (Lipinski definition) is 2. The Morgan fingerprint density at radius 3 is 2.89 bits per heavy atom. The molecule has 0 bridgehead atoms. The maximum atomic E-state index is 11.9. The fourth-order valence-corrected chi connectivity index (χ4v) is 1.43. The van der Waals surface area contributed by atoms with E-state index in [4.69, 9.17) is 4.74 Å². The summed E-state index contributed by atoms with van der Waals surface area (Å²) in [4.78, 5) is 29.0. The van der Waals surface area contributed by atoms with Gasteiger partial charge in [-0.1, -0.05) is 12.1 Å². The van der Waals surface area contributed by atoms with Crippen molar-refractivity contribution >= 4 is 11.6 Å². The van der Waals surface area contributed by atoms with E-state index in [1.54, 1.807) is 24.3 Å². The zero-order valence-electron chi connectivity index (χ0n) is 9.64. The van der Waals surface area contributed by atoms with Gasteiger partial charge >= 0.3 is 0 Å². The number of para-hydroxylation sites is 2. The van der Waals surface area contributed by atoms with E-state index in [-0.39, 0.29) is 11.3 Å². The van der Waals surface area contributed by atoms with E-state index in [0.717, 1.165) is 6.07 Å². The first-order chi connectivity index (χ1) is 8.70. The van der Waals surface area contributed by atoms with E-state index in [1.807, 2.05) is 0 Å². The number of aromatic amines is 1. The molecule has 0 saturated carbocycles. The minimum absolute atomic E-state index is 0.0460. The van der Waals surface area contributed by atoms with Crippen LogP contribution >= 0.6 is 0 Å². The molecule has 0 atom stereocenters. The first kappa shape index (κ1) is 11.8. The van der Waals surface area contributed by atoms with Crippen molar-refractivity contribution in [2.45, 2.75) is 0 Å². The van der Waals surface area contributed by atoms with Crippen LogP contribution in [0.15, 0.2) is 41.5 Å². The highest BCUT2D eigenvalue weighted by Crippen LogP contribution is 2.23. The molecule has 1 amide bonds. The van der Waals surface area contributed by atoms with Crippen LogP contribution in [0, 0.1) is 0 Å². The Morgan fingerprint density at radius 1 is 1.39 bits per heavy atom. The second-order valence-electron chi connectivity index (χ2n) is 3.45. The molecule has 1 aromatic carbocycles. The lowest BCUT2D eigenvalue weighted by Gasteiger charge is -2.08. The molecule has 1 aromatic heterocycles. The van der Waals surface area contributed by atoms with Crippen LogP contribution in [0.3, 0.4) is 0 Å². The maximum absolute atomic E-state index is 11.9. The summed E-state index contributed by atoms with van der Waals surface area (Å²) in [6, 6.07) is 8.11. The number of rotatable bonds is 3. The van der Waals surface area contributed by atoms with E-state index in [0.29, 0.717) is 11.4 Å². The van der Waals surface area contributed by atoms with Gasteiger partial charge in [0.05, 0.1) is 19.1 Å². The summed E-state index contributed by atoms with van der Waals surface area (Å²) in [5, 5.41) is 2.63. The number of amides is 1. The number of aromatic nitrogens is 2. The Hall–Kier alpha value is -2.63. The van der Waals surface area contributed by atoms with Gasteiger partial charge in [-0.3, -0.25) is 9.59 Å². The Kier molecular flexibility index (Phi) is 3.38. The number of nitrogens with zero attached hydrogens (tertiary/aromatic N) is 1. The molecule has 1 heterocycles. The van der Waals surface area contributed by atoms with Crippen molar-refractivity contribution in [3.8, 4) is 5.75 Å². The normalized spacial score (nSPS) is 9.83. The molecule has 0 unspecified atom stereocenters. The number of anilines is 1. The van der Waals surface area contributed by atoms with Crippen LogP contribution in [-0.2, 0) is 0 Å². The quantitative estimate of drug-likeness (QED) is 0.845. The van der Waals surface area contributed by atoms with Crippen LogP contribution in [0.2, 0.25) is 0 Å².